The molecule has 10 heteroatoms. The molecule has 0 amide bonds. The Morgan fingerprint density at radius 3 is 2.19 bits per heavy atom. The van der Waals surface area contributed by atoms with Crippen LogP contribution in [0.2, 0.25) is 0 Å². The van der Waals surface area contributed by atoms with E-state index in [9.17, 15) is 23.6 Å². The van der Waals surface area contributed by atoms with Gasteiger partial charge >= 0.3 is 11.2 Å². The second-order valence-corrected chi connectivity index (χ2v) is 14.2. The molecular formula is C27H36F2O6S2. The predicted molar refractivity (Wildman–Crippen MR) is 137 cm³/mol. The molecule has 5 aliphatic rings. The third-order valence-corrected chi connectivity index (χ3v) is 11.0. The van der Waals surface area contributed by atoms with Gasteiger partial charge in [-0.1, -0.05) is 30.3 Å². The molecule has 206 valence electrons. The van der Waals surface area contributed by atoms with Gasteiger partial charge in [-0.3, -0.25) is 14.6 Å². The first-order chi connectivity index (χ1) is 17.8. The van der Waals surface area contributed by atoms with Crippen molar-refractivity contribution in [3.05, 3.63) is 35.9 Å². The molecule has 0 radical (unpaired) electrons. The standard InChI is InChI=1S/C15H22F2O5S.C12H15OS/c16-15(17,23-22-21-19)2-1-3-20-13(18)14-7-10-4-11(8-14)6-12(5-10)9-14;13-12(10-14-8-4-5-9-14)11-6-2-1-3-7-11/h10-12,19H,1-9H2;1-3,6-7H,4-5,8-10H2/q;+1/p-1. The summed E-state index contributed by atoms with van der Waals surface area (Å²) >= 11 is -0.324. The minimum Gasteiger partial charge on any atom is -0.691 e. The van der Waals surface area contributed by atoms with E-state index in [4.69, 9.17) is 4.74 Å². The molecule has 6 rings (SSSR count). The van der Waals surface area contributed by atoms with Crippen molar-refractivity contribution >= 4 is 34.7 Å². The van der Waals surface area contributed by atoms with Crippen LogP contribution in [0.5, 0.6) is 0 Å². The number of alkyl halides is 2. The lowest BCUT2D eigenvalue weighted by Gasteiger charge is -2.55. The summed E-state index contributed by atoms with van der Waals surface area (Å²) in [7, 11) is 0.393. The van der Waals surface area contributed by atoms with Crippen LogP contribution in [-0.2, 0) is 29.8 Å². The van der Waals surface area contributed by atoms with Crippen LogP contribution in [0.25, 0.3) is 0 Å². The summed E-state index contributed by atoms with van der Waals surface area (Å²) in [6.45, 7) is -0.0328. The molecule has 0 aromatic heterocycles. The predicted octanol–water partition coefficient (Wildman–Crippen LogP) is 5.27. The average molecular weight is 559 g/mol. The van der Waals surface area contributed by atoms with E-state index in [1.54, 1.807) is 0 Å². The Kier molecular flexibility index (Phi) is 10.3. The molecule has 6 nitrogen and oxygen atoms in total. The molecule has 1 aliphatic heterocycles. The van der Waals surface area contributed by atoms with E-state index in [2.05, 4.69) is 9.37 Å². The van der Waals surface area contributed by atoms with Crippen LogP contribution in [0.15, 0.2) is 30.3 Å². The lowest BCUT2D eigenvalue weighted by Crippen LogP contribution is -2.50. The van der Waals surface area contributed by atoms with Gasteiger partial charge in [0, 0.05) is 12.0 Å². The minimum atomic E-state index is -3.24. The van der Waals surface area contributed by atoms with Crippen LogP contribution >= 0.6 is 12.0 Å². The first-order valence-corrected chi connectivity index (χ1v) is 15.7. The number of hydrogen-bond donors (Lipinski definition) is 0. The van der Waals surface area contributed by atoms with E-state index in [0.29, 0.717) is 34.4 Å². The van der Waals surface area contributed by atoms with Crippen molar-refractivity contribution in [2.75, 3.05) is 23.9 Å². The first-order valence-electron chi connectivity index (χ1n) is 13.2. The molecule has 1 saturated heterocycles. The zero-order valence-electron chi connectivity index (χ0n) is 21.0. The molecule has 1 aromatic carbocycles. The van der Waals surface area contributed by atoms with Gasteiger partial charge in [-0.05, 0) is 86.4 Å². The molecule has 37 heavy (non-hydrogen) atoms. The Hall–Kier alpha value is -1.20. The molecule has 0 unspecified atom stereocenters. The summed E-state index contributed by atoms with van der Waals surface area (Å²) in [5, 5.41) is 9.22. The van der Waals surface area contributed by atoms with Crippen LogP contribution in [0.4, 0.5) is 8.78 Å². The number of rotatable bonds is 11. The van der Waals surface area contributed by atoms with Crippen molar-refractivity contribution in [3.63, 3.8) is 0 Å². The number of benzene rings is 1. The molecular weight excluding hydrogens is 522 g/mol. The second kappa shape index (κ2) is 13.2. The fraction of sp³-hybridized carbons (Fsp3) is 0.704. The van der Waals surface area contributed by atoms with Gasteiger partial charge in [0.15, 0.2) is 5.75 Å². The van der Waals surface area contributed by atoms with E-state index in [0.717, 1.165) is 30.6 Å². The van der Waals surface area contributed by atoms with Crippen molar-refractivity contribution < 1.29 is 37.7 Å². The second-order valence-electron chi connectivity index (χ2n) is 11.0. The summed E-state index contributed by atoms with van der Waals surface area (Å²) in [6, 6.07) is 9.66. The average Bonchev–Trinajstić information content (AvgIpc) is 3.38. The van der Waals surface area contributed by atoms with Gasteiger partial charge < -0.3 is 9.99 Å². The fourth-order valence-electron chi connectivity index (χ4n) is 6.81. The van der Waals surface area contributed by atoms with Crippen LogP contribution in [0.1, 0.15) is 74.6 Å². The zero-order valence-corrected chi connectivity index (χ0v) is 22.7. The monoisotopic (exact) mass is 558 g/mol. The van der Waals surface area contributed by atoms with Crippen LogP contribution in [0.3, 0.4) is 0 Å². The molecule has 0 atom stereocenters. The molecule has 1 heterocycles. The third kappa shape index (κ3) is 8.14. The number of carbonyl (C=O) groups excluding carboxylic acids is 2. The Labute approximate surface area is 224 Å². The highest BCUT2D eigenvalue weighted by atomic mass is 32.2. The summed E-state index contributed by atoms with van der Waals surface area (Å²) < 4.78 is 35.4. The summed E-state index contributed by atoms with van der Waals surface area (Å²) in [4.78, 5) is 24.3. The topological polar surface area (TPSA) is 84.9 Å². The Morgan fingerprint density at radius 2 is 1.62 bits per heavy atom. The fourth-order valence-corrected chi connectivity index (χ4v) is 9.42. The normalized spacial score (nSPS) is 28.6. The number of halogens is 2. The Bertz CT molecular complexity index is 859. The highest BCUT2D eigenvalue weighted by Crippen LogP contribution is 2.60. The summed E-state index contributed by atoms with van der Waals surface area (Å²) in [5.74, 6) is 5.38. The lowest BCUT2D eigenvalue weighted by atomic mass is 9.49. The van der Waals surface area contributed by atoms with Gasteiger partial charge in [0.05, 0.1) is 12.0 Å². The number of ketones is 1. The first kappa shape index (κ1) is 28.8. The maximum Gasteiger partial charge on any atom is 0.320 e. The van der Waals surface area contributed by atoms with Crippen molar-refractivity contribution in [1.29, 1.82) is 0 Å². The number of carbonyl (C=O) groups is 2. The van der Waals surface area contributed by atoms with Crippen molar-refractivity contribution in [2.45, 2.75) is 69.5 Å². The molecule has 0 N–H and O–H groups in total. The van der Waals surface area contributed by atoms with Gasteiger partial charge in [-0.15, -0.1) is 0 Å². The highest BCUT2D eigenvalue weighted by molar-refractivity contribution is 7.97. The maximum absolute atomic E-state index is 13.2. The largest absolute Gasteiger partial charge is 0.691 e. The van der Waals surface area contributed by atoms with E-state index >= 15 is 0 Å². The van der Waals surface area contributed by atoms with Crippen LogP contribution in [-0.4, -0.2) is 40.9 Å². The van der Waals surface area contributed by atoms with Crippen molar-refractivity contribution in [3.8, 4) is 0 Å². The molecule has 4 aliphatic carbocycles. The SMILES string of the molecule is O=C(C[S+]1CCCC1)c1ccccc1.O=C(OCCCC(F)(F)SOO[O-])C12CC3CC(CC(C3)C1)C2. The van der Waals surface area contributed by atoms with Crippen LogP contribution < -0.4 is 5.26 Å². The molecule has 4 saturated carbocycles. The number of ether oxygens (including phenoxy) is 1. The number of esters is 1. The van der Waals surface area contributed by atoms with E-state index in [-0.39, 0.29) is 36.5 Å². The molecule has 1 aromatic rings. The number of hydrogen-bond acceptors (Lipinski definition) is 7. The van der Waals surface area contributed by atoms with Crippen LogP contribution in [0, 0.1) is 23.2 Å². The van der Waals surface area contributed by atoms with Gasteiger partial charge in [0.1, 0.15) is 23.5 Å². The third-order valence-electron chi connectivity index (χ3n) is 8.05. The quantitative estimate of drug-likeness (QED) is 0.0696. The van der Waals surface area contributed by atoms with Gasteiger partial charge in [-0.2, -0.15) is 13.1 Å². The zero-order chi connectivity index (χ0) is 26.3. The summed E-state index contributed by atoms with van der Waals surface area (Å²) in [5.41, 5.74) is 0.526. The van der Waals surface area contributed by atoms with Gasteiger partial charge in [-0.25, -0.2) is 0 Å². The maximum atomic E-state index is 13.2. The van der Waals surface area contributed by atoms with Gasteiger partial charge in [0.2, 0.25) is 5.78 Å². The Morgan fingerprint density at radius 1 is 1.03 bits per heavy atom. The summed E-state index contributed by atoms with van der Waals surface area (Å²) in [6.07, 6.45) is 8.52. The molecule has 5 fully saturated rings. The van der Waals surface area contributed by atoms with E-state index in [1.807, 2.05) is 30.3 Å². The molecule has 4 bridgehead atoms. The smallest absolute Gasteiger partial charge is 0.320 e. The molecule has 0 spiro atoms. The van der Waals surface area contributed by atoms with Gasteiger partial charge in [0.25, 0.3) is 0 Å². The lowest BCUT2D eigenvalue weighted by molar-refractivity contribution is -0.777. The van der Waals surface area contributed by atoms with E-state index in [1.165, 1.54) is 43.6 Å². The highest BCUT2D eigenvalue weighted by Gasteiger charge is 2.55. The van der Waals surface area contributed by atoms with Crippen molar-refractivity contribution in [1.82, 2.24) is 0 Å². The van der Waals surface area contributed by atoms with Crippen molar-refractivity contribution in [2.24, 2.45) is 23.2 Å². The van der Waals surface area contributed by atoms with E-state index < -0.39 is 11.7 Å². The minimum absolute atomic E-state index is 0.0142. The Balaban J connectivity index is 0.000000195. The number of Topliss-reactive ketones (excluding diaryl/α,β-unsaturated/α-hetero) is 1.